The van der Waals surface area contributed by atoms with Crippen LogP contribution in [0.3, 0.4) is 0 Å². The summed E-state index contributed by atoms with van der Waals surface area (Å²) < 4.78 is 11.1. The molecule has 2 N–H and O–H groups in total. The molecule has 2 aliphatic rings. The average Bonchev–Trinajstić information content (AvgIpc) is 2.84. The van der Waals surface area contributed by atoms with Gasteiger partial charge in [-0.05, 0) is 32.4 Å². The van der Waals surface area contributed by atoms with E-state index in [9.17, 15) is 4.79 Å². The average molecular weight is 242 g/mol. The molecule has 1 unspecified atom stereocenters. The van der Waals surface area contributed by atoms with Crippen molar-refractivity contribution in [3.63, 3.8) is 0 Å². The van der Waals surface area contributed by atoms with E-state index < -0.39 is 0 Å². The summed E-state index contributed by atoms with van der Waals surface area (Å²) in [6.45, 7) is 5.25. The summed E-state index contributed by atoms with van der Waals surface area (Å²) >= 11 is 0. The lowest BCUT2D eigenvalue weighted by Gasteiger charge is -2.37. The first-order chi connectivity index (χ1) is 8.22. The number of rotatable bonds is 4. The molecule has 0 spiro atoms. The van der Waals surface area contributed by atoms with Gasteiger partial charge in [-0.1, -0.05) is 6.92 Å². The number of likely N-dealkylation sites (tertiary alicyclic amines) is 1. The van der Waals surface area contributed by atoms with Crippen LogP contribution in [-0.4, -0.2) is 49.4 Å². The van der Waals surface area contributed by atoms with Gasteiger partial charge in [0.25, 0.3) is 0 Å². The van der Waals surface area contributed by atoms with Crippen molar-refractivity contribution < 1.29 is 14.3 Å². The summed E-state index contributed by atoms with van der Waals surface area (Å²) in [4.78, 5) is 13.5. The summed E-state index contributed by atoms with van der Waals surface area (Å²) in [5.41, 5.74) is 5.40. The molecule has 0 aromatic heterocycles. The SMILES string of the molecule is CCC(C(N)=O)N1CCC(C2OCCO2)CC1. The molecule has 1 atom stereocenters. The van der Waals surface area contributed by atoms with Crippen LogP contribution >= 0.6 is 0 Å². The molecule has 2 heterocycles. The minimum Gasteiger partial charge on any atom is -0.368 e. The first-order valence-corrected chi connectivity index (χ1v) is 6.49. The van der Waals surface area contributed by atoms with Crippen molar-refractivity contribution in [1.29, 1.82) is 0 Å². The highest BCUT2D eigenvalue weighted by atomic mass is 16.7. The highest BCUT2D eigenvalue weighted by Crippen LogP contribution is 2.26. The normalized spacial score (nSPS) is 26.2. The van der Waals surface area contributed by atoms with Crippen molar-refractivity contribution in [2.45, 2.75) is 38.5 Å². The van der Waals surface area contributed by atoms with E-state index in [0.29, 0.717) is 19.1 Å². The Morgan fingerprint density at radius 2 is 1.94 bits per heavy atom. The third-order valence-corrected chi connectivity index (χ3v) is 3.76. The number of hydrogen-bond donors (Lipinski definition) is 1. The second kappa shape index (κ2) is 5.80. The fraction of sp³-hybridized carbons (Fsp3) is 0.917. The molecule has 0 aromatic rings. The monoisotopic (exact) mass is 242 g/mol. The van der Waals surface area contributed by atoms with E-state index in [0.717, 1.165) is 32.4 Å². The zero-order valence-electron chi connectivity index (χ0n) is 10.4. The smallest absolute Gasteiger partial charge is 0.234 e. The van der Waals surface area contributed by atoms with E-state index >= 15 is 0 Å². The lowest BCUT2D eigenvalue weighted by molar-refractivity contribution is -0.126. The maximum Gasteiger partial charge on any atom is 0.234 e. The number of ether oxygens (including phenoxy) is 2. The number of carbonyl (C=O) groups is 1. The van der Waals surface area contributed by atoms with Crippen molar-refractivity contribution in [2.75, 3.05) is 26.3 Å². The molecule has 2 saturated heterocycles. The van der Waals surface area contributed by atoms with Gasteiger partial charge < -0.3 is 15.2 Å². The predicted octanol–water partition coefficient (Wildman–Crippen LogP) is 0.335. The molecule has 0 bridgehead atoms. The van der Waals surface area contributed by atoms with Gasteiger partial charge in [0.05, 0.1) is 19.3 Å². The zero-order chi connectivity index (χ0) is 12.3. The van der Waals surface area contributed by atoms with Crippen molar-refractivity contribution in [3.05, 3.63) is 0 Å². The Balaban J connectivity index is 1.82. The van der Waals surface area contributed by atoms with Gasteiger partial charge in [0.1, 0.15) is 0 Å². The fourth-order valence-electron chi connectivity index (χ4n) is 2.79. The molecule has 2 fully saturated rings. The van der Waals surface area contributed by atoms with Crippen molar-refractivity contribution in [2.24, 2.45) is 11.7 Å². The Kier molecular flexibility index (Phi) is 4.36. The first-order valence-electron chi connectivity index (χ1n) is 6.49. The molecule has 1 amide bonds. The quantitative estimate of drug-likeness (QED) is 0.772. The number of piperidine rings is 1. The van der Waals surface area contributed by atoms with Crippen LogP contribution in [0.2, 0.25) is 0 Å². The van der Waals surface area contributed by atoms with Gasteiger partial charge in [-0.25, -0.2) is 0 Å². The van der Waals surface area contributed by atoms with E-state index in [4.69, 9.17) is 15.2 Å². The van der Waals surface area contributed by atoms with Crippen LogP contribution in [0.15, 0.2) is 0 Å². The van der Waals surface area contributed by atoms with Crippen molar-refractivity contribution in [1.82, 2.24) is 4.90 Å². The van der Waals surface area contributed by atoms with E-state index in [2.05, 4.69) is 4.90 Å². The van der Waals surface area contributed by atoms with Crippen molar-refractivity contribution >= 4 is 5.91 Å². The standard InChI is InChI=1S/C12H22N2O3/c1-2-10(11(13)15)14-5-3-9(4-6-14)12-16-7-8-17-12/h9-10,12H,2-8H2,1H3,(H2,13,15). The van der Waals surface area contributed by atoms with Gasteiger partial charge >= 0.3 is 0 Å². The number of nitrogens with zero attached hydrogens (tertiary/aromatic N) is 1. The van der Waals surface area contributed by atoms with Gasteiger partial charge in [0, 0.05) is 5.92 Å². The highest BCUT2D eigenvalue weighted by molar-refractivity contribution is 5.79. The Morgan fingerprint density at radius 3 is 2.41 bits per heavy atom. The van der Waals surface area contributed by atoms with Crippen LogP contribution in [-0.2, 0) is 14.3 Å². The molecular formula is C12H22N2O3. The third-order valence-electron chi connectivity index (χ3n) is 3.76. The van der Waals surface area contributed by atoms with Gasteiger partial charge in [0.15, 0.2) is 6.29 Å². The van der Waals surface area contributed by atoms with Crippen LogP contribution in [0.25, 0.3) is 0 Å². The number of amides is 1. The molecule has 5 nitrogen and oxygen atoms in total. The molecule has 5 heteroatoms. The Labute approximate surface area is 102 Å². The van der Waals surface area contributed by atoms with Crippen LogP contribution in [0.4, 0.5) is 0 Å². The molecule has 2 rings (SSSR count). The summed E-state index contributed by atoms with van der Waals surface area (Å²) in [5, 5.41) is 0. The molecule has 0 aromatic carbocycles. The molecule has 0 radical (unpaired) electrons. The number of hydrogen-bond acceptors (Lipinski definition) is 4. The molecule has 98 valence electrons. The van der Waals surface area contributed by atoms with E-state index in [1.165, 1.54) is 0 Å². The predicted molar refractivity (Wildman–Crippen MR) is 63.3 cm³/mol. The molecule has 17 heavy (non-hydrogen) atoms. The number of carbonyl (C=O) groups excluding carboxylic acids is 1. The summed E-state index contributed by atoms with van der Waals surface area (Å²) in [6, 6.07) is -0.110. The van der Waals surface area contributed by atoms with E-state index in [1.807, 2.05) is 6.92 Å². The van der Waals surface area contributed by atoms with Gasteiger partial charge in [0.2, 0.25) is 5.91 Å². The second-order valence-corrected chi connectivity index (χ2v) is 4.81. The second-order valence-electron chi connectivity index (χ2n) is 4.81. The number of primary amides is 1. The summed E-state index contributed by atoms with van der Waals surface area (Å²) in [7, 11) is 0. The van der Waals surface area contributed by atoms with Gasteiger partial charge in [-0.2, -0.15) is 0 Å². The molecular weight excluding hydrogens is 220 g/mol. The zero-order valence-corrected chi connectivity index (χ0v) is 10.4. The third kappa shape index (κ3) is 2.97. The fourth-order valence-corrected chi connectivity index (χ4v) is 2.79. The maximum atomic E-state index is 11.3. The molecule has 0 aliphatic carbocycles. The largest absolute Gasteiger partial charge is 0.368 e. The minimum atomic E-state index is -0.209. The lowest BCUT2D eigenvalue weighted by atomic mass is 9.94. The maximum absolute atomic E-state index is 11.3. The lowest BCUT2D eigenvalue weighted by Crippen LogP contribution is -2.49. The Hall–Kier alpha value is -0.650. The van der Waals surface area contributed by atoms with E-state index in [1.54, 1.807) is 0 Å². The first kappa shape index (κ1) is 12.8. The Morgan fingerprint density at radius 1 is 1.35 bits per heavy atom. The summed E-state index contributed by atoms with van der Waals surface area (Å²) in [5.74, 6) is 0.262. The van der Waals surface area contributed by atoms with Crippen LogP contribution < -0.4 is 5.73 Å². The minimum absolute atomic E-state index is 0.0224. The summed E-state index contributed by atoms with van der Waals surface area (Å²) in [6.07, 6.45) is 2.81. The van der Waals surface area contributed by atoms with Gasteiger partial charge in [-0.15, -0.1) is 0 Å². The van der Waals surface area contributed by atoms with Crippen LogP contribution in [0, 0.1) is 5.92 Å². The van der Waals surface area contributed by atoms with E-state index in [-0.39, 0.29) is 18.2 Å². The highest BCUT2D eigenvalue weighted by Gasteiger charge is 2.33. The number of nitrogens with two attached hydrogens (primary N) is 1. The topological polar surface area (TPSA) is 64.8 Å². The van der Waals surface area contributed by atoms with Crippen LogP contribution in [0.5, 0.6) is 0 Å². The molecule has 0 saturated carbocycles. The Bertz CT molecular complexity index is 258. The van der Waals surface area contributed by atoms with Crippen molar-refractivity contribution in [3.8, 4) is 0 Å². The molecule has 2 aliphatic heterocycles. The van der Waals surface area contributed by atoms with Gasteiger partial charge in [-0.3, -0.25) is 9.69 Å². The van der Waals surface area contributed by atoms with Crippen LogP contribution in [0.1, 0.15) is 26.2 Å².